The molecule has 4 N–H and O–H groups in total. The van der Waals surface area contributed by atoms with Gasteiger partial charge in [-0.25, -0.2) is 0 Å². The van der Waals surface area contributed by atoms with E-state index in [1.54, 1.807) is 0 Å². The second-order valence-electron chi connectivity index (χ2n) is 5.26. The maximum absolute atomic E-state index is 5.66. The Labute approximate surface area is 108 Å². The number of aromatic nitrogens is 1. The van der Waals surface area contributed by atoms with E-state index in [9.17, 15) is 0 Å². The highest BCUT2D eigenvalue weighted by molar-refractivity contribution is 5.83. The number of hydrogen-bond acceptors (Lipinski definition) is 2. The van der Waals surface area contributed by atoms with E-state index in [1.807, 2.05) is 0 Å². The van der Waals surface area contributed by atoms with Crippen molar-refractivity contribution in [2.45, 2.75) is 44.8 Å². The fourth-order valence-electron chi connectivity index (χ4n) is 2.89. The van der Waals surface area contributed by atoms with Crippen LogP contribution in [-0.2, 0) is 13.1 Å². The molecule has 0 unspecified atom stereocenters. The van der Waals surface area contributed by atoms with Crippen LogP contribution in [0.4, 0.5) is 0 Å². The lowest BCUT2D eigenvalue weighted by atomic mass is 10.1. The van der Waals surface area contributed by atoms with E-state index in [0.29, 0.717) is 6.54 Å². The van der Waals surface area contributed by atoms with Gasteiger partial charge in [0.1, 0.15) is 0 Å². The molecule has 0 atom stereocenters. The topological polar surface area (TPSA) is 53.8 Å². The van der Waals surface area contributed by atoms with Gasteiger partial charge in [0.05, 0.1) is 0 Å². The van der Waals surface area contributed by atoms with Gasteiger partial charge in [0.15, 0.2) is 0 Å². The molecule has 1 fully saturated rings. The van der Waals surface area contributed by atoms with Crippen LogP contribution in [0.3, 0.4) is 0 Å². The lowest BCUT2D eigenvalue weighted by Crippen LogP contribution is -2.25. The minimum atomic E-state index is 0.602. The summed E-state index contributed by atoms with van der Waals surface area (Å²) in [6, 6.07) is 7.17. The van der Waals surface area contributed by atoms with E-state index in [-0.39, 0.29) is 0 Å². The van der Waals surface area contributed by atoms with Crippen molar-refractivity contribution in [3.05, 3.63) is 35.5 Å². The Kier molecular flexibility index (Phi) is 3.35. The van der Waals surface area contributed by atoms with Crippen LogP contribution in [0, 0.1) is 0 Å². The quantitative estimate of drug-likeness (QED) is 0.773. The molecule has 18 heavy (non-hydrogen) atoms. The van der Waals surface area contributed by atoms with Crippen molar-refractivity contribution in [2.75, 3.05) is 0 Å². The molecule has 1 aromatic heterocycles. The first-order chi connectivity index (χ1) is 8.86. The summed E-state index contributed by atoms with van der Waals surface area (Å²) in [5, 5.41) is 4.98. The normalized spacial score (nSPS) is 16.7. The van der Waals surface area contributed by atoms with Crippen molar-refractivity contribution in [1.82, 2.24) is 10.3 Å². The highest BCUT2D eigenvalue weighted by Gasteiger charge is 2.14. The third-order valence-corrected chi connectivity index (χ3v) is 4.00. The van der Waals surface area contributed by atoms with Gasteiger partial charge in [0.25, 0.3) is 0 Å². The monoisotopic (exact) mass is 243 g/mol. The first kappa shape index (κ1) is 11.8. The zero-order chi connectivity index (χ0) is 12.4. The molecule has 1 aliphatic rings. The van der Waals surface area contributed by atoms with Gasteiger partial charge < -0.3 is 16.0 Å². The van der Waals surface area contributed by atoms with Crippen LogP contribution >= 0.6 is 0 Å². The fraction of sp³-hybridized carbons (Fsp3) is 0.467. The maximum atomic E-state index is 5.66. The minimum absolute atomic E-state index is 0.602. The molecule has 3 nitrogen and oxygen atoms in total. The standard InChI is InChI=1S/C15H21N3/c16-8-11-5-6-14-12(10-18-15(14)7-11)9-17-13-3-1-2-4-13/h5-7,10,13,17-18H,1-4,8-9,16H2. The van der Waals surface area contributed by atoms with Gasteiger partial charge in [-0.15, -0.1) is 0 Å². The Morgan fingerprint density at radius 1 is 1.28 bits per heavy atom. The van der Waals surface area contributed by atoms with Gasteiger partial charge in [-0.1, -0.05) is 25.0 Å². The zero-order valence-electron chi connectivity index (χ0n) is 10.7. The molecule has 0 aliphatic heterocycles. The molecule has 0 bridgehead atoms. The Bertz CT molecular complexity index is 524. The van der Waals surface area contributed by atoms with Crippen LogP contribution in [0.5, 0.6) is 0 Å². The van der Waals surface area contributed by atoms with Gasteiger partial charge in [0.2, 0.25) is 0 Å². The number of nitrogens with one attached hydrogen (secondary N) is 2. The van der Waals surface area contributed by atoms with E-state index >= 15 is 0 Å². The van der Waals surface area contributed by atoms with Crippen molar-refractivity contribution >= 4 is 10.9 Å². The average molecular weight is 243 g/mol. The number of aromatic amines is 1. The van der Waals surface area contributed by atoms with Crippen molar-refractivity contribution in [3.63, 3.8) is 0 Å². The number of hydrogen-bond donors (Lipinski definition) is 3. The van der Waals surface area contributed by atoms with Crippen LogP contribution in [0.25, 0.3) is 10.9 Å². The van der Waals surface area contributed by atoms with E-state index in [0.717, 1.165) is 12.6 Å². The number of fused-ring (bicyclic) bond motifs is 1. The molecular weight excluding hydrogens is 222 g/mol. The summed E-state index contributed by atoms with van der Waals surface area (Å²) in [5.74, 6) is 0. The Hall–Kier alpha value is -1.32. The van der Waals surface area contributed by atoms with E-state index in [2.05, 4.69) is 34.7 Å². The summed E-state index contributed by atoms with van der Waals surface area (Å²) < 4.78 is 0. The van der Waals surface area contributed by atoms with Crippen molar-refractivity contribution < 1.29 is 0 Å². The number of H-pyrrole nitrogens is 1. The summed E-state index contributed by atoms with van der Waals surface area (Å²) in [6.45, 7) is 1.57. The third kappa shape index (κ3) is 2.28. The van der Waals surface area contributed by atoms with Gasteiger partial charge >= 0.3 is 0 Å². The Morgan fingerprint density at radius 2 is 2.11 bits per heavy atom. The van der Waals surface area contributed by atoms with Gasteiger partial charge in [-0.05, 0) is 30.0 Å². The smallest absolute Gasteiger partial charge is 0.0460 e. The van der Waals surface area contributed by atoms with Crippen LogP contribution in [0.1, 0.15) is 36.8 Å². The minimum Gasteiger partial charge on any atom is -0.361 e. The second kappa shape index (κ2) is 5.12. The highest BCUT2D eigenvalue weighted by Crippen LogP contribution is 2.22. The predicted molar refractivity (Wildman–Crippen MR) is 75.3 cm³/mol. The number of nitrogens with two attached hydrogens (primary N) is 1. The van der Waals surface area contributed by atoms with Crippen molar-refractivity contribution in [2.24, 2.45) is 5.73 Å². The SMILES string of the molecule is NCc1ccc2c(CNC3CCCC3)c[nH]c2c1. The van der Waals surface area contributed by atoms with Crippen molar-refractivity contribution in [3.8, 4) is 0 Å². The fourth-order valence-corrected chi connectivity index (χ4v) is 2.89. The molecule has 3 heteroatoms. The predicted octanol–water partition coefficient (Wildman–Crippen LogP) is 2.66. The molecule has 2 aromatic rings. The Morgan fingerprint density at radius 3 is 2.89 bits per heavy atom. The summed E-state index contributed by atoms with van der Waals surface area (Å²) in [6.07, 6.45) is 7.54. The summed E-state index contributed by atoms with van der Waals surface area (Å²) in [5.41, 5.74) is 9.40. The third-order valence-electron chi connectivity index (χ3n) is 4.00. The molecule has 1 aliphatic carbocycles. The number of benzene rings is 1. The van der Waals surface area contributed by atoms with Crippen LogP contribution in [-0.4, -0.2) is 11.0 Å². The molecular formula is C15H21N3. The largest absolute Gasteiger partial charge is 0.361 e. The van der Waals surface area contributed by atoms with Crippen LogP contribution < -0.4 is 11.1 Å². The summed E-state index contributed by atoms with van der Waals surface area (Å²) >= 11 is 0. The first-order valence-electron chi connectivity index (χ1n) is 6.89. The van der Waals surface area contributed by atoms with Crippen LogP contribution in [0.15, 0.2) is 24.4 Å². The van der Waals surface area contributed by atoms with Gasteiger partial charge in [-0.3, -0.25) is 0 Å². The van der Waals surface area contributed by atoms with E-state index in [4.69, 9.17) is 5.73 Å². The summed E-state index contributed by atoms with van der Waals surface area (Å²) in [7, 11) is 0. The van der Waals surface area contributed by atoms with Crippen LogP contribution in [0.2, 0.25) is 0 Å². The van der Waals surface area contributed by atoms with E-state index in [1.165, 1.54) is 47.7 Å². The van der Waals surface area contributed by atoms with Gasteiger partial charge in [0, 0.05) is 36.2 Å². The molecule has 1 heterocycles. The number of rotatable bonds is 4. The Balaban J connectivity index is 1.75. The first-order valence-corrected chi connectivity index (χ1v) is 6.89. The molecule has 0 spiro atoms. The lowest BCUT2D eigenvalue weighted by molar-refractivity contribution is 0.525. The maximum Gasteiger partial charge on any atom is 0.0460 e. The zero-order valence-corrected chi connectivity index (χ0v) is 10.7. The molecule has 0 radical (unpaired) electrons. The summed E-state index contributed by atoms with van der Waals surface area (Å²) in [4.78, 5) is 3.34. The van der Waals surface area contributed by atoms with E-state index < -0.39 is 0 Å². The molecule has 1 saturated carbocycles. The molecule has 1 aromatic carbocycles. The highest BCUT2D eigenvalue weighted by atomic mass is 14.9. The molecule has 0 saturated heterocycles. The molecule has 96 valence electrons. The van der Waals surface area contributed by atoms with Gasteiger partial charge in [-0.2, -0.15) is 0 Å². The molecule has 3 rings (SSSR count). The second-order valence-corrected chi connectivity index (χ2v) is 5.26. The molecule has 0 amide bonds. The van der Waals surface area contributed by atoms with Crippen molar-refractivity contribution in [1.29, 1.82) is 0 Å². The lowest BCUT2D eigenvalue weighted by Gasteiger charge is -2.10. The average Bonchev–Trinajstić information content (AvgIpc) is 3.05.